The van der Waals surface area contributed by atoms with Crippen LogP contribution in [-0.4, -0.2) is 20.2 Å². The second-order valence-corrected chi connectivity index (χ2v) is 5.32. The number of hydrogen-bond acceptors (Lipinski definition) is 5. The zero-order valence-electron chi connectivity index (χ0n) is 11.3. The van der Waals surface area contributed by atoms with Crippen LogP contribution in [0.15, 0.2) is 29.3 Å². The van der Waals surface area contributed by atoms with Gasteiger partial charge in [0.1, 0.15) is 5.69 Å². The Balaban J connectivity index is 2.11. The molecule has 2 aromatic rings. The molecule has 0 unspecified atom stereocenters. The van der Waals surface area contributed by atoms with Crippen LogP contribution in [0.1, 0.15) is 32.0 Å². The molecule has 0 spiro atoms. The van der Waals surface area contributed by atoms with Crippen LogP contribution in [0, 0.1) is 0 Å². The van der Waals surface area contributed by atoms with Crippen molar-refractivity contribution in [1.82, 2.24) is 20.2 Å². The smallest absolute Gasteiger partial charge is 0.274 e. The molecule has 0 aliphatic rings. The molecule has 0 saturated heterocycles. The summed E-state index contributed by atoms with van der Waals surface area (Å²) in [5, 5.41) is 11.0. The van der Waals surface area contributed by atoms with E-state index >= 15 is 0 Å². The molecule has 2 aromatic heterocycles. The normalized spacial score (nSPS) is 11.3. The van der Waals surface area contributed by atoms with E-state index < -0.39 is 0 Å². The molecule has 2 heterocycles. The topological polar surface area (TPSA) is 83.6 Å². The first kappa shape index (κ1) is 13.2. The van der Waals surface area contributed by atoms with Gasteiger partial charge in [-0.2, -0.15) is 0 Å². The Hall–Kier alpha value is -2.24. The van der Waals surface area contributed by atoms with Gasteiger partial charge in [-0.05, 0) is 11.6 Å². The van der Waals surface area contributed by atoms with Gasteiger partial charge in [-0.25, -0.2) is 0 Å². The van der Waals surface area contributed by atoms with Gasteiger partial charge in [0.05, 0.1) is 0 Å². The van der Waals surface area contributed by atoms with Gasteiger partial charge in [0.25, 0.3) is 5.56 Å². The Bertz CT molecular complexity index is 600. The number of aromatic nitrogens is 4. The van der Waals surface area contributed by atoms with Gasteiger partial charge in [-0.3, -0.25) is 14.8 Å². The average molecular weight is 259 g/mol. The van der Waals surface area contributed by atoms with E-state index in [1.165, 1.54) is 0 Å². The van der Waals surface area contributed by atoms with Crippen molar-refractivity contribution in [1.29, 1.82) is 0 Å². The van der Waals surface area contributed by atoms with E-state index in [2.05, 4.69) is 25.5 Å². The third kappa shape index (κ3) is 3.37. The van der Waals surface area contributed by atoms with Crippen LogP contribution in [0.5, 0.6) is 0 Å². The predicted octanol–water partition coefficient (Wildman–Crippen LogP) is 1.47. The molecule has 0 bridgehead atoms. The van der Waals surface area contributed by atoms with E-state index in [0.29, 0.717) is 18.2 Å². The number of pyridine rings is 1. The number of aromatic amines is 1. The van der Waals surface area contributed by atoms with Crippen molar-refractivity contribution >= 4 is 5.95 Å². The first-order valence-electron chi connectivity index (χ1n) is 6.07. The lowest BCUT2D eigenvalue weighted by molar-refractivity contribution is 0.547. The molecule has 0 aromatic carbocycles. The maximum atomic E-state index is 11.9. The third-order valence-corrected chi connectivity index (χ3v) is 2.59. The Morgan fingerprint density at radius 2 is 2.11 bits per heavy atom. The van der Waals surface area contributed by atoms with Gasteiger partial charge < -0.3 is 5.32 Å². The molecule has 19 heavy (non-hydrogen) atoms. The van der Waals surface area contributed by atoms with E-state index in [1.807, 2.05) is 32.9 Å². The molecule has 0 fully saturated rings. The Morgan fingerprint density at radius 3 is 2.68 bits per heavy atom. The van der Waals surface area contributed by atoms with Crippen LogP contribution in [0.2, 0.25) is 0 Å². The number of nitrogens with one attached hydrogen (secondary N) is 2. The predicted molar refractivity (Wildman–Crippen MR) is 72.9 cm³/mol. The Kier molecular flexibility index (Phi) is 3.59. The highest BCUT2D eigenvalue weighted by Gasteiger charge is 2.20. The highest BCUT2D eigenvalue weighted by atomic mass is 16.1. The minimum atomic E-state index is -0.317. The van der Waals surface area contributed by atoms with Crippen molar-refractivity contribution in [2.24, 2.45) is 0 Å². The number of hydrogen-bond donors (Lipinski definition) is 2. The largest absolute Gasteiger partial charge is 0.350 e. The molecule has 0 aliphatic heterocycles. The number of anilines is 1. The minimum absolute atomic E-state index is 0.212. The van der Waals surface area contributed by atoms with Crippen LogP contribution >= 0.6 is 0 Å². The summed E-state index contributed by atoms with van der Waals surface area (Å²) >= 11 is 0. The lowest BCUT2D eigenvalue weighted by Gasteiger charge is -2.15. The molecule has 0 saturated carbocycles. The highest BCUT2D eigenvalue weighted by Crippen LogP contribution is 2.15. The summed E-state index contributed by atoms with van der Waals surface area (Å²) in [5.74, 6) is 0.363. The van der Waals surface area contributed by atoms with Gasteiger partial charge in [0.15, 0.2) is 0 Å². The van der Waals surface area contributed by atoms with Crippen LogP contribution in [0.3, 0.4) is 0 Å². The third-order valence-electron chi connectivity index (χ3n) is 2.59. The molecule has 0 radical (unpaired) electrons. The molecule has 2 rings (SSSR count). The molecule has 0 atom stereocenters. The minimum Gasteiger partial charge on any atom is -0.350 e. The molecule has 0 aliphatic carbocycles. The summed E-state index contributed by atoms with van der Waals surface area (Å²) < 4.78 is 0. The quantitative estimate of drug-likeness (QED) is 0.872. The van der Waals surface area contributed by atoms with E-state index in [4.69, 9.17) is 0 Å². The van der Waals surface area contributed by atoms with Crippen LogP contribution in [-0.2, 0) is 12.0 Å². The number of rotatable bonds is 3. The van der Waals surface area contributed by atoms with Gasteiger partial charge in [0.2, 0.25) is 5.95 Å². The standard InChI is InChI=1S/C13H17N5O/c1-13(2,3)10-11(19)16-12(18-17-10)15-8-9-5-4-6-14-7-9/h4-7H,8H2,1-3H3,(H2,15,16,18,19). The number of nitrogens with zero attached hydrogens (tertiary/aromatic N) is 3. The lowest BCUT2D eigenvalue weighted by atomic mass is 9.93. The molecule has 6 heteroatoms. The summed E-state index contributed by atoms with van der Waals surface area (Å²) in [5.41, 5.74) is 0.906. The zero-order valence-corrected chi connectivity index (χ0v) is 11.3. The average Bonchev–Trinajstić information content (AvgIpc) is 2.36. The summed E-state index contributed by atoms with van der Waals surface area (Å²) in [6.07, 6.45) is 3.46. The fourth-order valence-electron chi connectivity index (χ4n) is 1.60. The maximum Gasteiger partial charge on any atom is 0.274 e. The second-order valence-electron chi connectivity index (χ2n) is 5.32. The van der Waals surface area contributed by atoms with Gasteiger partial charge in [-0.15, -0.1) is 10.2 Å². The molecule has 2 N–H and O–H groups in total. The molecular weight excluding hydrogens is 242 g/mol. The van der Waals surface area contributed by atoms with Crippen molar-refractivity contribution < 1.29 is 0 Å². The Labute approximate surface area is 111 Å². The highest BCUT2D eigenvalue weighted by molar-refractivity contribution is 5.25. The summed E-state index contributed by atoms with van der Waals surface area (Å²) in [7, 11) is 0. The lowest BCUT2D eigenvalue weighted by Crippen LogP contribution is -2.28. The Morgan fingerprint density at radius 1 is 1.32 bits per heavy atom. The SMILES string of the molecule is CC(C)(C)c1nnc(NCc2cccnc2)[nH]c1=O. The van der Waals surface area contributed by atoms with Crippen LogP contribution < -0.4 is 10.9 Å². The molecule has 6 nitrogen and oxygen atoms in total. The van der Waals surface area contributed by atoms with E-state index in [1.54, 1.807) is 12.4 Å². The van der Waals surface area contributed by atoms with Crippen molar-refractivity contribution in [2.45, 2.75) is 32.7 Å². The maximum absolute atomic E-state index is 11.9. The van der Waals surface area contributed by atoms with Crippen molar-refractivity contribution in [3.05, 3.63) is 46.1 Å². The summed E-state index contributed by atoms with van der Waals surface area (Å²) in [4.78, 5) is 18.6. The van der Waals surface area contributed by atoms with Gasteiger partial charge in [0, 0.05) is 24.4 Å². The van der Waals surface area contributed by atoms with E-state index in [9.17, 15) is 4.79 Å². The first-order valence-corrected chi connectivity index (χ1v) is 6.07. The van der Waals surface area contributed by atoms with Gasteiger partial charge >= 0.3 is 0 Å². The van der Waals surface area contributed by atoms with Crippen LogP contribution in [0.4, 0.5) is 5.95 Å². The second kappa shape index (κ2) is 5.17. The van der Waals surface area contributed by atoms with Crippen molar-refractivity contribution in [3.63, 3.8) is 0 Å². The molecule has 100 valence electrons. The fourth-order valence-corrected chi connectivity index (χ4v) is 1.60. The van der Waals surface area contributed by atoms with Crippen molar-refractivity contribution in [2.75, 3.05) is 5.32 Å². The van der Waals surface area contributed by atoms with Crippen molar-refractivity contribution in [3.8, 4) is 0 Å². The fraction of sp³-hybridized carbons (Fsp3) is 0.385. The van der Waals surface area contributed by atoms with E-state index in [0.717, 1.165) is 5.56 Å². The number of H-pyrrole nitrogens is 1. The molecule has 0 amide bonds. The van der Waals surface area contributed by atoms with Gasteiger partial charge in [-0.1, -0.05) is 26.8 Å². The van der Waals surface area contributed by atoms with E-state index in [-0.39, 0.29) is 11.0 Å². The summed E-state index contributed by atoms with van der Waals surface area (Å²) in [6, 6.07) is 3.79. The monoisotopic (exact) mass is 259 g/mol. The summed E-state index contributed by atoms with van der Waals surface area (Å²) in [6.45, 7) is 6.31. The first-order chi connectivity index (χ1) is 8.97. The molecular formula is C13H17N5O. The zero-order chi connectivity index (χ0) is 13.9. The van der Waals surface area contributed by atoms with Crippen LogP contribution in [0.25, 0.3) is 0 Å².